The number of allylic oxidation sites excluding steroid dienone is 12. The molecule has 0 saturated carbocycles. The molecule has 0 aromatic rings. The van der Waals surface area contributed by atoms with E-state index in [-0.39, 0.29) is 31.1 Å². The van der Waals surface area contributed by atoms with Crippen molar-refractivity contribution in [2.24, 2.45) is 0 Å². The standard InChI is InChI=1S/C64H112O6/c1-4-7-10-13-16-19-22-25-27-29-30-31-32-33-34-35-37-39-42-45-48-51-54-57-63(66)69-60-61(59-68-62(65)56-53-50-47-44-41-38-24-21-18-15-12-9-6-3)70-64(67)58-55-52-49-46-43-40-36-28-26-23-20-17-14-11-8-5-2/h9,12,18,20-21,23,28-30,36,38,41,61H,4-8,10-11,13-17,19,22,24-27,31-35,37,39-40,42-60H2,1-3H3/b12-9-,21-18-,23-20-,30-29-,36-28-,41-38-. The highest BCUT2D eigenvalue weighted by Crippen LogP contribution is 2.16. The van der Waals surface area contributed by atoms with Gasteiger partial charge in [-0.3, -0.25) is 14.4 Å². The summed E-state index contributed by atoms with van der Waals surface area (Å²) in [6.45, 7) is 6.49. The van der Waals surface area contributed by atoms with E-state index in [1.807, 2.05) is 0 Å². The highest BCUT2D eigenvalue weighted by molar-refractivity contribution is 5.71. The summed E-state index contributed by atoms with van der Waals surface area (Å²) in [5, 5.41) is 0. The number of ether oxygens (including phenoxy) is 3. The molecule has 0 saturated heterocycles. The van der Waals surface area contributed by atoms with Crippen LogP contribution >= 0.6 is 0 Å². The molecule has 0 radical (unpaired) electrons. The van der Waals surface area contributed by atoms with Gasteiger partial charge in [-0.1, -0.05) is 241 Å². The number of rotatable bonds is 54. The van der Waals surface area contributed by atoms with Crippen LogP contribution in [0.4, 0.5) is 0 Å². The van der Waals surface area contributed by atoms with E-state index in [0.29, 0.717) is 19.3 Å². The van der Waals surface area contributed by atoms with Crippen LogP contribution in [0.3, 0.4) is 0 Å². The van der Waals surface area contributed by atoms with E-state index in [9.17, 15) is 14.4 Å². The molecule has 1 atom stereocenters. The second-order valence-electron chi connectivity index (χ2n) is 19.9. The SMILES string of the molecule is CC/C=C\C/C=C\C/C=C\CCCCCC(=O)OCC(COC(=O)CCCCCCCCCCCCC/C=C\CCCCCCCCCC)OC(=O)CCCCCCC/C=C\C/C=C\CCCCCC. The monoisotopic (exact) mass is 977 g/mol. The summed E-state index contributed by atoms with van der Waals surface area (Å²) < 4.78 is 16.8. The quantitative estimate of drug-likeness (QED) is 0.0261. The Balaban J connectivity index is 4.34. The molecule has 0 aromatic heterocycles. The molecule has 0 aliphatic rings. The van der Waals surface area contributed by atoms with Crippen LogP contribution in [0, 0.1) is 0 Å². The highest BCUT2D eigenvalue weighted by Gasteiger charge is 2.19. The van der Waals surface area contributed by atoms with E-state index >= 15 is 0 Å². The lowest BCUT2D eigenvalue weighted by Crippen LogP contribution is -2.30. The average molecular weight is 978 g/mol. The predicted octanol–water partition coefficient (Wildman–Crippen LogP) is 20.2. The molecule has 0 fully saturated rings. The average Bonchev–Trinajstić information content (AvgIpc) is 3.36. The molecule has 0 spiro atoms. The molecule has 0 aliphatic heterocycles. The first kappa shape index (κ1) is 66.9. The van der Waals surface area contributed by atoms with Gasteiger partial charge in [-0.15, -0.1) is 0 Å². The molecule has 70 heavy (non-hydrogen) atoms. The molecule has 6 heteroatoms. The van der Waals surface area contributed by atoms with Crippen molar-refractivity contribution in [3.05, 3.63) is 72.9 Å². The molecule has 6 nitrogen and oxygen atoms in total. The van der Waals surface area contributed by atoms with Crippen LogP contribution in [0.5, 0.6) is 0 Å². The Kier molecular flexibility index (Phi) is 55.8. The Labute approximate surface area is 433 Å². The zero-order chi connectivity index (χ0) is 50.7. The van der Waals surface area contributed by atoms with E-state index in [0.717, 1.165) is 109 Å². The van der Waals surface area contributed by atoms with Crippen molar-refractivity contribution in [3.63, 3.8) is 0 Å². The maximum atomic E-state index is 12.9. The number of carbonyl (C=O) groups excluding carboxylic acids is 3. The van der Waals surface area contributed by atoms with Crippen molar-refractivity contribution < 1.29 is 28.6 Å². The maximum Gasteiger partial charge on any atom is 0.306 e. The zero-order valence-electron chi connectivity index (χ0n) is 46.3. The molecular weight excluding hydrogens is 865 g/mol. The minimum Gasteiger partial charge on any atom is -0.462 e. The van der Waals surface area contributed by atoms with Gasteiger partial charge in [-0.2, -0.15) is 0 Å². The Morgan fingerprint density at radius 1 is 0.300 bits per heavy atom. The van der Waals surface area contributed by atoms with E-state index in [1.54, 1.807) is 0 Å². The van der Waals surface area contributed by atoms with Crippen LogP contribution in [0.25, 0.3) is 0 Å². The first-order chi connectivity index (χ1) is 34.5. The zero-order valence-corrected chi connectivity index (χ0v) is 46.3. The summed E-state index contributed by atoms with van der Waals surface area (Å²) in [6, 6.07) is 0. The summed E-state index contributed by atoms with van der Waals surface area (Å²) in [6.07, 6.45) is 74.8. The molecule has 404 valence electrons. The van der Waals surface area contributed by atoms with E-state index in [2.05, 4.69) is 93.7 Å². The number of hydrogen-bond acceptors (Lipinski definition) is 6. The van der Waals surface area contributed by atoms with Crippen LogP contribution < -0.4 is 0 Å². The topological polar surface area (TPSA) is 78.9 Å². The molecule has 0 bridgehead atoms. The van der Waals surface area contributed by atoms with Crippen LogP contribution in [0.2, 0.25) is 0 Å². The fourth-order valence-electron chi connectivity index (χ4n) is 8.42. The third kappa shape index (κ3) is 55.8. The van der Waals surface area contributed by atoms with Gasteiger partial charge in [0.2, 0.25) is 0 Å². The fourth-order valence-corrected chi connectivity index (χ4v) is 8.42. The number of hydrogen-bond donors (Lipinski definition) is 0. The minimum atomic E-state index is -0.795. The number of unbranched alkanes of at least 4 members (excludes halogenated alkanes) is 31. The van der Waals surface area contributed by atoms with Crippen LogP contribution in [-0.2, 0) is 28.6 Å². The van der Waals surface area contributed by atoms with E-state index in [1.165, 1.54) is 148 Å². The minimum absolute atomic E-state index is 0.0901. The summed E-state index contributed by atoms with van der Waals surface area (Å²) in [4.78, 5) is 38.2. The first-order valence-electron chi connectivity index (χ1n) is 29.9. The van der Waals surface area contributed by atoms with Gasteiger partial charge < -0.3 is 14.2 Å². The molecule has 0 aliphatic carbocycles. The molecule has 0 aromatic carbocycles. The summed E-state index contributed by atoms with van der Waals surface area (Å²) in [5.41, 5.74) is 0. The third-order valence-electron chi connectivity index (χ3n) is 12.9. The Hall–Kier alpha value is -3.15. The third-order valence-corrected chi connectivity index (χ3v) is 12.9. The highest BCUT2D eigenvalue weighted by atomic mass is 16.6. The summed E-state index contributed by atoms with van der Waals surface area (Å²) in [5.74, 6) is -0.927. The Bertz CT molecular complexity index is 1310. The van der Waals surface area contributed by atoms with Gasteiger partial charge in [-0.05, 0) is 109 Å². The molecule has 0 rings (SSSR count). The second-order valence-corrected chi connectivity index (χ2v) is 19.9. The predicted molar refractivity (Wildman–Crippen MR) is 302 cm³/mol. The molecule has 0 amide bonds. The van der Waals surface area contributed by atoms with Gasteiger partial charge >= 0.3 is 17.9 Å². The Morgan fingerprint density at radius 3 is 0.914 bits per heavy atom. The summed E-state index contributed by atoms with van der Waals surface area (Å²) in [7, 11) is 0. The van der Waals surface area contributed by atoms with Crippen molar-refractivity contribution in [1.29, 1.82) is 0 Å². The van der Waals surface area contributed by atoms with Crippen LogP contribution in [0.1, 0.15) is 297 Å². The van der Waals surface area contributed by atoms with E-state index in [4.69, 9.17) is 14.2 Å². The number of esters is 3. The van der Waals surface area contributed by atoms with Crippen molar-refractivity contribution >= 4 is 17.9 Å². The first-order valence-corrected chi connectivity index (χ1v) is 29.9. The lowest BCUT2D eigenvalue weighted by molar-refractivity contribution is -0.167. The molecule has 1 unspecified atom stereocenters. The molecule has 0 heterocycles. The van der Waals surface area contributed by atoms with Crippen LogP contribution in [-0.4, -0.2) is 37.2 Å². The van der Waals surface area contributed by atoms with Gasteiger partial charge in [0, 0.05) is 19.3 Å². The molecular formula is C64H112O6. The molecule has 0 N–H and O–H groups in total. The Morgan fingerprint density at radius 2 is 0.557 bits per heavy atom. The lowest BCUT2D eigenvalue weighted by atomic mass is 10.0. The van der Waals surface area contributed by atoms with E-state index < -0.39 is 6.10 Å². The van der Waals surface area contributed by atoms with Crippen LogP contribution in [0.15, 0.2) is 72.9 Å². The van der Waals surface area contributed by atoms with Crippen molar-refractivity contribution in [2.75, 3.05) is 13.2 Å². The maximum absolute atomic E-state index is 12.9. The number of carbonyl (C=O) groups is 3. The normalized spacial score (nSPS) is 12.6. The van der Waals surface area contributed by atoms with Gasteiger partial charge in [0.1, 0.15) is 13.2 Å². The largest absolute Gasteiger partial charge is 0.462 e. The van der Waals surface area contributed by atoms with Crippen molar-refractivity contribution in [2.45, 2.75) is 303 Å². The van der Waals surface area contributed by atoms with Gasteiger partial charge in [-0.25, -0.2) is 0 Å². The van der Waals surface area contributed by atoms with Crippen molar-refractivity contribution in [1.82, 2.24) is 0 Å². The smallest absolute Gasteiger partial charge is 0.306 e. The van der Waals surface area contributed by atoms with Gasteiger partial charge in [0.15, 0.2) is 6.10 Å². The summed E-state index contributed by atoms with van der Waals surface area (Å²) >= 11 is 0. The lowest BCUT2D eigenvalue weighted by Gasteiger charge is -2.18. The second kappa shape index (κ2) is 58.4. The fraction of sp³-hybridized carbons (Fsp3) is 0.766. The van der Waals surface area contributed by atoms with Gasteiger partial charge in [0.05, 0.1) is 0 Å². The van der Waals surface area contributed by atoms with Gasteiger partial charge in [0.25, 0.3) is 0 Å². The van der Waals surface area contributed by atoms with Crippen molar-refractivity contribution in [3.8, 4) is 0 Å².